The number of hydrogen-bond acceptors (Lipinski definition) is 27. The van der Waals surface area contributed by atoms with Crippen molar-refractivity contribution in [3.8, 4) is 0 Å². The number of carbonyl (C=O) groups excluding carboxylic acids is 1. The number of aliphatic hydroxyl groups excluding tert-OH is 16. The Morgan fingerprint density at radius 2 is 0.988 bits per heavy atom. The van der Waals surface area contributed by atoms with Crippen molar-refractivity contribution in [2.45, 2.75) is 266 Å². The van der Waals surface area contributed by atoms with Crippen molar-refractivity contribution in [3.63, 3.8) is 0 Å². The van der Waals surface area contributed by atoms with Gasteiger partial charge < -0.3 is 129 Å². The molecule has 0 aromatic carbocycles. The van der Waals surface area contributed by atoms with Crippen molar-refractivity contribution in [3.05, 3.63) is 11.6 Å². The summed E-state index contributed by atoms with van der Waals surface area (Å²) in [4.78, 5) is 15.1. The second-order valence-electron chi connectivity index (χ2n) is 28.6. The van der Waals surface area contributed by atoms with E-state index in [1.807, 2.05) is 0 Å². The molecular weight excluding hydrogens is 1140 g/mol. The fraction of sp³-hybridized carbons (Fsp3) is 0.949. The van der Waals surface area contributed by atoms with E-state index in [1.54, 1.807) is 0 Å². The number of rotatable bonds is 15. The zero-order valence-corrected chi connectivity index (χ0v) is 50.0. The Kier molecular flexibility index (Phi) is 19.4. The van der Waals surface area contributed by atoms with Gasteiger partial charge in [0.05, 0.1) is 44.6 Å². The molecule has 16 N–H and O–H groups in total. The maximum Gasteiger partial charge on any atom is 0.315 e. The fourth-order valence-electron chi connectivity index (χ4n) is 17.7. The van der Waals surface area contributed by atoms with Gasteiger partial charge in [0.25, 0.3) is 0 Å². The molecule has 9 fully saturated rings. The molecule has 494 valence electrons. The molecule has 0 unspecified atom stereocenters. The monoisotopic (exact) mass is 1240 g/mol. The van der Waals surface area contributed by atoms with E-state index in [-0.39, 0.29) is 39.4 Å². The van der Waals surface area contributed by atoms with Gasteiger partial charge in [-0.1, -0.05) is 60.1 Å². The topological polar surface area (TPSA) is 433 Å². The Balaban J connectivity index is 0.820. The first-order valence-corrected chi connectivity index (χ1v) is 30.8. The quantitative estimate of drug-likeness (QED) is 0.0428. The summed E-state index contributed by atoms with van der Waals surface area (Å²) >= 11 is 0. The Morgan fingerprint density at radius 1 is 0.488 bits per heavy atom. The molecule has 10 rings (SSSR count). The number of ether oxygens (including phenoxy) is 10. The lowest BCUT2D eigenvalue weighted by molar-refractivity contribution is -0.358. The third kappa shape index (κ3) is 11.2. The van der Waals surface area contributed by atoms with E-state index in [0.29, 0.717) is 38.5 Å². The third-order valence-corrected chi connectivity index (χ3v) is 23.2. The van der Waals surface area contributed by atoms with Gasteiger partial charge in [0.15, 0.2) is 25.2 Å². The van der Waals surface area contributed by atoms with Gasteiger partial charge in [-0.05, 0) is 109 Å². The molecule has 5 saturated heterocycles. The maximum atomic E-state index is 15.1. The zero-order chi connectivity index (χ0) is 62.7. The second kappa shape index (κ2) is 24.9. The summed E-state index contributed by atoms with van der Waals surface area (Å²) in [5.74, 6) is -0.565. The molecule has 0 bridgehead atoms. The van der Waals surface area contributed by atoms with Crippen LogP contribution in [0.5, 0.6) is 0 Å². The summed E-state index contributed by atoms with van der Waals surface area (Å²) in [6.07, 6.45) is -30.6. The van der Waals surface area contributed by atoms with Gasteiger partial charge in [0, 0.05) is 0 Å². The van der Waals surface area contributed by atoms with Crippen LogP contribution in [0.4, 0.5) is 0 Å². The first kappa shape index (κ1) is 67.1. The van der Waals surface area contributed by atoms with Crippen LogP contribution in [0.3, 0.4) is 0 Å². The first-order chi connectivity index (χ1) is 40.4. The first-order valence-electron chi connectivity index (χ1n) is 30.8. The number of allylic oxidation sites excluding steroid dienone is 2. The van der Waals surface area contributed by atoms with Crippen molar-refractivity contribution in [1.82, 2.24) is 0 Å². The van der Waals surface area contributed by atoms with Gasteiger partial charge in [-0.3, -0.25) is 4.79 Å². The van der Waals surface area contributed by atoms with Crippen LogP contribution in [-0.4, -0.2) is 274 Å². The minimum absolute atomic E-state index is 0.0975. The van der Waals surface area contributed by atoms with Gasteiger partial charge in [0.1, 0.15) is 116 Å². The number of esters is 1. The summed E-state index contributed by atoms with van der Waals surface area (Å²) in [5.41, 5.74) is -1.34. The van der Waals surface area contributed by atoms with Gasteiger partial charge in [-0.25, -0.2) is 0 Å². The summed E-state index contributed by atoms with van der Waals surface area (Å²) in [6.45, 7) is 12.3. The minimum Gasteiger partial charge on any atom is -0.432 e. The molecule has 0 spiro atoms. The normalized spacial score (nSPS) is 53.5. The molecule has 0 amide bonds. The van der Waals surface area contributed by atoms with Crippen LogP contribution in [0, 0.1) is 50.2 Å². The number of aliphatic hydroxyl groups is 16. The van der Waals surface area contributed by atoms with Gasteiger partial charge in [-0.15, -0.1) is 0 Å². The van der Waals surface area contributed by atoms with E-state index in [0.717, 1.165) is 25.7 Å². The fourth-order valence-corrected chi connectivity index (χ4v) is 17.7. The molecule has 0 aromatic rings. The lowest BCUT2D eigenvalue weighted by Crippen LogP contribution is -2.66. The molecule has 4 saturated carbocycles. The van der Waals surface area contributed by atoms with Crippen molar-refractivity contribution in [2.75, 3.05) is 33.0 Å². The van der Waals surface area contributed by atoms with Crippen molar-refractivity contribution >= 4 is 5.97 Å². The zero-order valence-electron chi connectivity index (χ0n) is 50.0. The Labute approximate surface area is 499 Å². The van der Waals surface area contributed by atoms with E-state index < -0.39 is 203 Å². The number of carbonyl (C=O) groups is 1. The molecule has 27 nitrogen and oxygen atoms in total. The van der Waals surface area contributed by atoms with E-state index in [2.05, 4.69) is 54.5 Å². The van der Waals surface area contributed by atoms with E-state index in [1.165, 1.54) is 5.57 Å². The van der Waals surface area contributed by atoms with Crippen LogP contribution in [0.2, 0.25) is 0 Å². The molecule has 5 heterocycles. The highest BCUT2D eigenvalue weighted by molar-refractivity contribution is 5.79. The van der Waals surface area contributed by atoms with Gasteiger partial charge >= 0.3 is 5.97 Å². The van der Waals surface area contributed by atoms with Crippen LogP contribution < -0.4 is 0 Å². The smallest absolute Gasteiger partial charge is 0.315 e. The SMILES string of the molecule is CC1(C)CC[C@]2(C(=O)O[C@@H]3O[C@H](CO[C@@H]4O[C@H](CO)[C@@H](O)[C@H](O)[C@H]4O)[C@@H](O)[C@H](O)[C@H]3O)CC[C@]3(C)C(=CC[C@@H]4[C@@]5(C)CC[C@H](O[C@@H]6O[C@H](CO)[C@@H](O[C@@H]7O[C@@H](CO)[C@H](O)[C@H]7O[C@@H]7O[C@H](CO)[C@@H](O)[C@H](O)[C@H]7O)[C@H](O)[C@H]6O)C(C)(C)[C@@H]5CC[C@]43C)[C@@H]2C1. The Hall–Kier alpha value is -1.79. The average molecular weight is 1240 g/mol. The van der Waals surface area contributed by atoms with Crippen molar-refractivity contribution in [1.29, 1.82) is 0 Å². The average Bonchev–Trinajstić information content (AvgIpc) is 1.09. The van der Waals surface area contributed by atoms with Gasteiger partial charge in [0.2, 0.25) is 6.29 Å². The molecule has 0 aromatic heterocycles. The molecule has 32 atom stereocenters. The molecule has 0 radical (unpaired) electrons. The highest BCUT2D eigenvalue weighted by Gasteiger charge is 2.70. The highest BCUT2D eigenvalue weighted by Crippen LogP contribution is 2.76. The second-order valence-corrected chi connectivity index (χ2v) is 28.6. The van der Waals surface area contributed by atoms with Gasteiger partial charge in [-0.2, -0.15) is 0 Å². The largest absolute Gasteiger partial charge is 0.432 e. The van der Waals surface area contributed by atoms with Crippen LogP contribution in [0.15, 0.2) is 11.6 Å². The predicted molar refractivity (Wildman–Crippen MR) is 289 cm³/mol. The lowest BCUT2D eigenvalue weighted by atomic mass is 9.33. The maximum absolute atomic E-state index is 15.1. The Bertz CT molecular complexity index is 2380. The van der Waals surface area contributed by atoms with E-state index in [9.17, 15) is 81.7 Å². The molecular formula is C59H96O27. The summed E-state index contributed by atoms with van der Waals surface area (Å²) in [6, 6.07) is 0. The number of hydrogen-bond donors (Lipinski definition) is 16. The lowest BCUT2D eigenvalue weighted by Gasteiger charge is -2.71. The molecule has 5 aliphatic heterocycles. The third-order valence-electron chi connectivity index (χ3n) is 23.2. The van der Waals surface area contributed by atoms with Crippen LogP contribution in [0.25, 0.3) is 0 Å². The molecule has 27 heteroatoms. The van der Waals surface area contributed by atoms with Crippen LogP contribution >= 0.6 is 0 Å². The van der Waals surface area contributed by atoms with Crippen molar-refractivity contribution in [2.24, 2.45) is 50.2 Å². The standard InChI is InChI=1S/C59H96O27/c1-54(2)14-16-59(53(76)86-51-44(74)40(70)36(66)30(82-51)23-77-48-42(72)38(68)34(64)26(19-60)78-48)17-15-57(6)24(25(59)18-54)8-9-32-56(5)12-11-33(55(3,4)31(56)10-13-58(32,57)7)83-49-45(75)41(71)46(29(22-63)81-49)84-52-47(37(67)28(21-62)80-52)85-50-43(73)39(69)35(65)27(20-61)79-50/h8,25-52,60-75H,9-23H2,1-7H3/t25-,26+,27+,28-,29+,30+,31-,32+,33-,34+,35+,36+,37-,38-,39-,40-,41+,42+,43+,44+,45+,46+,47+,48+,49-,50-,51-,52-,56-,57+,58+,59-/m0/s1. The molecule has 86 heavy (non-hydrogen) atoms. The minimum atomic E-state index is -1.87. The van der Waals surface area contributed by atoms with Crippen LogP contribution in [-0.2, 0) is 52.2 Å². The van der Waals surface area contributed by atoms with Crippen LogP contribution in [0.1, 0.15) is 113 Å². The summed E-state index contributed by atoms with van der Waals surface area (Å²) in [5, 5.41) is 171. The number of fused-ring (bicyclic) bond motifs is 7. The highest BCUT2D eigenvalue weighted by atomic mass is 16.8. The van der Waals surface area contributed by atoms with E-state index >= 15 is 4.79 Å². The molecule has 10 aliphatic rings. The summed E-state index contributed by atoms with van der Waals surface area (Å²) < 4.78 is 59.2. The predicted octanol–water partition coefficient (Wildman–Crippen LogP) is -3.57. The summed E-state index contributed by atoms with van der Waals surface area (Å²) in [7, 11) is 0. The van der Waals surface area contributed by atoms with E-state index in [4.69, 9.17) is 47.4 Å². The van der Waals surface area contributed by atoms with Crippen molar-refractivity contribution < 1.29 is 134 Å². The Morgan fingerprint density at radius 3 is 1.62 bits per heavy atom. The molecule has 5 aliphatic carbocycles.